The number of likely N-dealkylation sites (tertiary alicyclic amines) is 1. The number of hydrogen-bond acceptors (Lipinski definition) is 3. The third-order valence-corrected chi connectivity index (χ3v) is 3.26. The van der Waals surface area contributed by atoms with Gasteiger partial charge in [-0.3, -0.25) is 0 Å². The number of carboxylic acids is 1. The Labute approximate surface area is 111 Å². The van der Waals surface area contributed by atoms with E-state index in [1.165, 1.54) is 4.90 Å². The summed E-state index contributed by atoms with van der Waals surface area (Å²) in [6.07, 6.45) is 6.45. The molecule has 2 heterocycles. The third kappa shape index (κ3) is 3.46. The second kappa shape index (κ2) is 6.21. The number of carbonyl (C=O) groups is 2. The third-order valence-electron chi connectivity index (χ3n) is 3.26. The minimum Gasteiger partial charge on any atom is -0.480 e. The summed E-state index contributed by atoms with van der Waals surface area (Å²) in [5.41, 5.74) is 0. The molecule has 1 fully saturated rings. The molecule has 1 aromatic heterocycles. The van der Waals surface area contributed by atoms with Crippen molar-refractivity contribution in [3.63, 3.8) is 0 Å². The summed E-state index contributed by atoms with van der Waals surface area (Å²) < 4.78 is 0. The molecule has 3 N–H and O–H groups in total. The predicted octanol–water partition coefficient (Wildman–Crippen LogP) is 0.948. The first-order valence-electron chi connectivity index (χ1n) is 6.44. The number of carbonyl (C=O) groups excluding carboxylic acids is 1. The molecule has 0 aromatic carbocycles. The average molecular weight is 266 g/mol. The first-order chi connectivity index (χ1) is 9.18. The summed E-state index contributed by atoms with van der Waals surface area (Å²) >= 11 is 0. The Morgan fingerprint density at radius 2 is 2.32 bits per heavy atom. The largest absolute Gasteiger partial charge is 0.480 e. The van der Waals surface area contributed by atoms with E-state index in [1.807, 2.05) is 0 Å². The van der Waals surface area contributed by atoms with Gasteiger partial charge in [0.15, 0.2) is 0 Å². The molecule has 7 nitrogen and oxygen atoms in total. The highest BCUT2D eigenvalue weighted by Crippen LogP contribution is 2.17. The lowest BCUT2D eigenvalue weighted by Crippen LogP contribution is -2.49. The van der Waals surface area contributed by atoms with E-state index in [1.54, 1.807) is 12.4 Å². The zero-order valence-electron chi connectivity index (χ0n) is 10.6. The lowest BCUT2D eigenvalue weighted by atomic mass is 10.1. The van der Waals surface area contributed by atoms with Gasteiger partial charge in [-0.2, -0.15) is 0 Å². The second-order valence-corrected chi connectivity index (χ2v) is 4.59. The summed E-state index contributed by atoms with van der Waals surface area (Å²) in [5.74, 6) is -0.287. The van der Waals surface area contributed by atoms with Crippen LogP contribution in [0.4, 0.5) is 4.79 Å². The molecule has 19 heavy (non-hydrogen) atoms. The summed E-state index contributed by atoms with van der Waals surface area (Å²) in [5, 5.41) is 11.9. The van der Waals surface area contributed by atoms with Gasteiger partial charge in [-0.15, -0.1) is 0 Å². The number of nitrogens with zero attached hydrogens (tertiary/aromatic N) is 2. The quantitative estimate of drug-likeness (QED) is 0.758. The molecular formula is C12H18N4O3. The molecule has 0 aliphatic carbocycles. The number of nitrogens with one attached hydrogen (secondary N) is 2. The second-order valence-electron chi connectivity index (χ2n) is 4.59. The van der Waals surface area contributed by atoms with E-state index in [9.17, 15) is 14.7 Å². The fourth-order valence-electron chi connectivity index (χ4n) is 2.26. The van der Waals surface area contributed by atoms with Gasteiger partial charge < -0.3 is 20.3 Å². The van der Waals surface area contributed by atoms with Gasteiger partial charge in [-0.1, -0.05) is 12.8 Å². The van der Waals surface area contributed by atoms with Crippen molar-refractivity contribution < 1.29 is 14.7 Å². The molecule has 2 amide bonds. The van der Waals surface area contributed by atoms with Crippen LogP contribution in [0.2, 0.25) is 0 Å². The van der Waals surface area contributed by atoms with Crippen LogP contribution in [0.25, 0.3) is 0 Å². The van der Waals surface area contributed by atoms with E-state index >= 15 is 0 Å². The number of aromatic amines is 1. The Morgan fingerprint density at radius 1 is 1.47 bits per heavy atom. The summed E-state index contributed by atoms with van der Waals surface area (Å²) in [7, 11) is 0. The summed E-state index contributed by atoms with van der Waals surface area (Å²) in [6, 6.07) is -1.06. The number of hydrogen-bond donors (Lipinski definition) is 3. The SMILES string of the molecule is O=C(O)C1CCCCCN1C(=O)NCc1ncc[nH]1. The smallest absolute Gasteiger partial charge is 0.326 e. The topological polar surface area (TPSA) is 98.3 Å². The molecule has 1 aromatic rings. The highest BCUT2D eigenvalue weighted by Gasteiger charge is 2.30. The molecule has 0 radical (unpaired) electrons. The molecule has 1 aliphatic heterocycles. The zero-order chi connectivity index (χ0) is 13.7. The fourth-order valence-corrected chi connectivity index (χ4v) is 2.26. The molecule has 1 unspecified atom stereocenters. The number of carboxylic acid groups (broad SMARTS) is 1. The Kier molecular flexibility index (Phi) is 4.38. The number of rotatable bonds is 3. The van der Waals surface area contributed by atoms with Crippen LogP contribution in [-0.4, -0.2) is 44.6 Å². The number of imidazole rings is 1. The number of urea groups is 1. The Balaban J connectivity index is 1.96. The molecule has 0 bridgehead atoms. The van der Waals surface area contributed by atoms with E-state index in [-0.39, 0.29) is 12.6 Å². The Bertz CT molecular complexity index is 432. The van der Waals surface area contributed by atoms with Gasteiger partial charge in [0.25, 0.3) is 0 Å². The molecule has 1 saturated heterocycles. The van der Waals surface area contributed by atoms with Crippen LogP contribution in [0.5, 0.6) is 0 Å². The minimum atomic E-state index is -0.935. The zero-order valence-corrected chi connectivity index (χ0v) is 10.6. The average Bonchev–Trinajstić information content (AvgIpc) is 2.77. The molecule has 0 spiro atoms. The highest BCUT2D eigenvalue weighted by molar-refractivity contribution is 5.82. The maximum atomic E-state index is 12.1. The van der Waals surface area contributed by atoms with Crippen LogP contribution in [0, 0.1) is 0 Å². The lowest BCUT2D eigenvalue weighted by Gasteiger charge is -2.26. The van der Waals surface area contributed by atoms with Crippen molar-refractivity contribution in [1.29, 1.82) is 0 Å². The van der Waals surface area contributed by atoms with Gasteiger partial charge in [0.05, 0.1) is 6.54 Å². The number of amides is 2. The van der Waals surface area contributed by atoms with Crippen molar-refractivity contribution in [2.24, 2.45) is 0 Å². The maximum absolute atomic E-state index is 12.1. The molecule has 7 heteroatoms. The van der Waals surface area contributed by atoms with E-state index in [0.717, 1.165) is 19.3 Å². The van der Waals surface area contributed by atoms with Crippen molar-refractivity contribution in [3.05, 3.63) is 18.2 Å². The fraction of sp³-hybridized carbons (Fsp3) is 0.583. The summed E-state index contributed by atoms with van der Waals surface area (Å²) in [6.45, 7) is 0.760. The van der Waals surface area contributed by atoms with Gasteiger partial charge in [0.1, 0.15) is 11.9 Å². The van der Waals surface area contributed by atoms with Crippen LogP contribution >= 0.6 is 0 Å². The first-order valence-corrected chi connectivity index (χ1v) is 6.44. The summed E-state index contributed by atoms with van der Waals surface area (Å²) in [4.78, 5) is 31.6. The Hall–Kier alpha value is -2.05. The Morgan fingerprint density at radius 3 is 3.00 bits per heavy atom. The van der Waals surface area contributed by atoms with Crippen LogP contribution in [0.15, 0.2) is 12.4 Å². The van der Waals surface area contributed by atoms with Crippen molar-refractivity contribution in [2.45, 2.75) is 38.3 Å². The number of aromatic nitrogens is 2. The van der Waals surface area contributed by atoms with E-state index in [0.29, 0.717) is 18.8 Å². The van der Waals surface area contributed by atoms with Crippen LogP contribution in [-0.2, 0) is 11.3 Å². The molecule has 0 saturated carbocycles. The maximum Gasteiger partial charge on any atom is 0.326 e. The van der Waals surface area contributed by atoms with Crippen molar-refractivity contribution >= 4 is 12.0 Å². The van der Waals surface area contributed by atoms with Crippen molar-refractivity contribution in [3.8, 4) is 0 Å². The molecular weight excluding hydrogens is 248 g/mol. The van der Waals surface area contributed by atoms with E-state index in [2.05, 4.69) is 15.3 Å². The highest BCUT2D eigenvalue weighted by atomic mass is 16.4. The van der Waals surface area contributed by atoms with Gasteiger partial charge in [-0.25, -0.2) is 14.6 Å². The molecule has 2 rings (SSSR count). The van der Waals surface area contributed by atoms with Gasteiger partial charge in [0.2, 0.25) is 0 Å². The van der Waals surface area contributed by atoms with Crippen LogP contribution in [0.1, 0.15) is 31.5 Å². The number of H-pyrrole nitrogens is 1. The van der Waals surface area contributed by atoms with Crippen LogP contribution < -0.4 is 5.32 Å². The minimum absolute atomic E-state index is 0.272. The van der Waals surface area contributed by atoms with E-state index in [4.69, 9.17) is 0 Å². The van der Waals surface area contributed by atoms with Gasteiger partial charge in [-0.05, 0) is 12.8 Å². The lowest BCUT2D eigenvalue weighted by molar-refractivity contribution is -0.142. The van der Waals surface area contributed by atoms with Crippen molar-refractivity contribution in [1.82, 2.24) is 20.2 Å². The molecule has 1 atom stereocenters. The van der Waals surface area contributed by atoms with Crippen molar-refractivity contribution in [2.75, 3.05) is 6.54 Å². The standard InChI is InChI=1S/C12H18N4O3/c17-11(18)9-4-2-1-3-7-16(9)12(19)15-8-10-13-5-6-14-10/h5-6,9H,1-4,7-8H2,(H,13,14)(H,15,19)(H,17,18). The first kappa shape index (κ1) is 13.4. The monoisotopic (exact) mass is 266 g/mol. The predicted molar refractivity (Wildman–Crippen MR) is 67.4 cm³/mol. The van der Waals surface area contributed by atoms with Crippen LogP contribution in [0.3, 0.4) is 0 Å². The molecule has 1 aliphatic rings. The number of aliphatic carboxylic acids is 1. The van der Waals surface area contributed by atoms with Gasteiger partial charge in [0, 0.05) is 18.9 Å². The normalized spacial score (nSPS) is 19.8. The van der Waals surface area contributed by atoms with E-state index < -0.39 is 12.0 Å². The van der Waals surface area contributed by atoms with Gasteiger partial charge >= 0.3 is 12.0 Å². The molecule has 104 valence electrons.